The highest BCUT2D eigenvalue weighted by atomic mass is 79.9. The number of carbonyl (C=O) groups excluding carboxylic acids is 1. The Morgan fingerprint density at radius 1 is 1.09 bits per heavy atom. The molecule has 0 radical (unpaired) electrons. The van der Waals surface area contributed by atoms with E-state index in [4.69, 9.17) is 0 Å². The van der Waals surface area contributed by atoms with E-state index < -0.39 is 28.4 Å². The van der Waals surface area contributed by atoms with Crippen LogP contribution in [0.3, 0.4) is 0 Å². The highest BCUT2D eigenvalue weighted by Crippen LogP contribution is 2.14. The van der Waals surface area contributed by atoms with Crippen molar-refractivity contribution < 1.29 is 22.4 Å². The minimum absolute atomic E-state index is 0.174. The van der Waals surface area contributed by atoms with Gasteiger partial charge in [0.15, 0.2) is 0 Å². The highest BCUT2D eigenvalue weighted by molar-refractivity contribution is 9.10. The Morgan fingerprint density at radius 3 is 2.30 bits per heavy atom. The van der Waals surface area contributed by atoms with Gasteiger partial charge in [-0.25, -0.2) is 12.8 Å². The maximum atomic E-state index is 12.8. The lowest BCUT2D eigenvalue weighted by molar-refractivity contribution is -0.121. The number of anilines is 1. The molecule has 1 amide bonds. The number of hydrogen-bond acceptors (Lipinski definition) is 4. The molecule has 0 fully saturated rings. The first kappa shape index (κ1) is 17.5. The molecule has 0 unspecified atom stereocenters. The first-order valence-corrected chi connectivity index (χ1v) is 8.59. The van der Waals surface area contributed by atoms with E-state index in [9.17, 15) is 17.6 Å². The van der Waals surface area contributed by atoms with Crippen LogP contribution in [0.25, 0.3) is 0 Å². The molecule has 0 saturated heterocycles. The van der Waals surface area contributed by atoms with Crippen molar-refractivity contribution in [2.75, 3.05) is 11.9 Å². The zero-order valence-corrected chi connectivity index (χ0v) is 14.0. The molecule has 0 aromatic heterocycles. The second kappa shape index (κ2) is 7.64. The normalized spacial score (nSPS) is 11.2. The van der Waals surface area contributed by atoms with Gasteiger partial charge in [-0.2, -0.15) is 0 Å². The molecule has 2 rings (SSSR count). The quantitative estimate of drug-likeness (QED) is 0.726. The maximum Gasteiger partial charge on any atom is 0.262 e. The average molecular weight is 403 g/mol. The minimum Gasteiger partial charge on any atom is -0.324 e. The van der Waals surface area contributed by atoms with Crippen LogP contribution in [0.5, 0.6) is 0 Å². The van der Waals surface area contributed by atoms with Gasteiger partial charge in [0, 0.05) is 10.2 Å². The molecule has 0 heterocycles. The van der Waals surface area contributed by atoms with Crippen molar-refractivity contribution >= 4 is 37.5 Å². The van der Waals surface area contributed by atoms with E-state index in [1.165, 1.54) is 0 Å². The molecule has 0 saturated carbocycles. The average Bonchev–Trinajstić information content (AvgIpc) is 2.50. The SMILES string of the molecule is O=C(CONS(=O)(=O)c1ccc(F)cc1)Nc1ccc(Br)cc1. The van der Waals surface area contributed by atoms with Crippen LogP contribution in [0.2, 0.25) is 0 Å². The summed E-state index contributed by atoms with van der Waals surface area (Å²) >= 11 is 3.26. The number of amides is 1. The number of hydrogen-bond donors (Lipinski definition) is 2. The van der Waals surface area contributed by atoms with E-state index in [-0.39, 0.29) is 4.90 Å². The van der Waals surface area contributed by atoms with E-state index >= 15 is 0 Å². The van der Waals surface area contributed by atoms with E-state index in [1.807, 2.05) is 0 Å². The molecule has 122 valence electrons. The lowest BCUT2D eigenvalue weighted by Gasteiger charge is -2.08. The predicted octanol–water partition coefficient (Wildman–Crippen LogP) is 2.44. The van der Waals surface area contributed by atoms with Crippen molar-refractivity contribution in [1.29, 1.82) is 0 Å². The third kappa shape index (κ3) is 5.39. The minimum atomic E-state index is -3.98. The number of sulfonamides is 1. The Kier molecular flexibility index (Phi) is 5.83. The molecule has 0 aliphatic carbocycles. The third-order valence-electron chi connectivity index (χ3n) is 2.62. The van der Waals surface area contributed by atoms with Gasteiger partial charge in [0.05, 0.1) is 4.90 Å². The van der Waals surface area contributed by atoms with Crippen molar-refractivity contribution in [2.45, 2.75) is 4.90 Å². The van der Waals surface area contributed by atoms with Gasteiger partial charge in [-0.15, -0.1) is 0 Å². The fourth-order valence-corrected chi connectivity index (χ4v) is 2.63. The lowest BCUT2D eigenvalue weighted by Crippen LogP contribution is -2.29. The molecule has 2 aromatic carbocycles. The van der Waals surface area contributed by atoms with Gasteiger partial charge in [-0.05, 0) is 48.5 Å². The Labute approximate surface area is 140 Å². The van der Waals surface area contributed by atoms with Crippen molar-refractivity contribution in [3.63, 3.8) is 0 Å². The van der Waals surface area contributed by atoms with Crippen LogP contribution in [-0.4, -0.2) is 20.9 Å². The summed E-state index contributed by atoms with van der Waals surface area (Å²) in [6.45, 7) is -0.517. The summed E-state index contributed by atoms with van der Waals surface area (Å²) in [7, 11) is -3.98. The molecule has 9 heteroatoms. The van der Waals surface area contributed by atoms with Gasteiger partial charge in [0.25, 0.3) is 15.9 Å². The Morgan fingerprint density at radius 2 is 1.70 bits per heavy atom. The van der Waals surface area contributed by atoms with Crippen LogP contribution < -0.4 is 10.2 Å². The lowest BCUT2D eigenvalue weighted by atomic mass is 10.3. The molecule has 2 aromatic rings. The van der Waals surface area contributed by atoms with Crippen molar-refractivity contribution in [3.05, 3.63) is 58.8 Å². The molecular weight excluding hydrogens is 391 g/mol. The van der Waals surface area contributed by atoms with Crippen molar-refractivity contribution in [3.8, 4) is 0 Å². The van der Waals surface area contributed by atoms with Crippen molar-refractivity contribution in [2.24, 2.45) is 0 Å². The summed E-state index contributed by atoms with van der Waals surface area (Å²) in [6, 6.07) is 11.0. The van der Waals surface area contributed by atoms with Gasteiger partial charge >= 0.3 is 0 Å². The molecular formula is C14H12BrFN2O4S. The molecule has 0 aliphatic heterocycles. The topological polar surface area (TPSA) is 84.5 Å². The Bertz CT molecular complexity index is 779. The van der Waals surface area contributed by atoms with E-state index in [1.54, 1.807) is 29.2 Å². The molecule has 0 atom stereocenters. The molecule has 0 spiro atoms. The third-order valence-corrected chi connectivity index (χ3v) is 4.38. The predicted molar refractivity (Wildman–Crippen MR) is 85.4 cm³/mol. The first-order valence-electron chi connectivity index (χ1n) is 6.31. The van der Waals surface area contributed by atoms with Gasteiger partial charge in [-0.1, -0.05) is 20.8 Å². The molecule has 0 bridgehead atoms. The molecule has 23 heavy (non-hydrogen) atoms. The van der Waals surface area contributed by atoms with Crippen LogP contribution in [0.15, 0.2) is 57.9 Å². The van der Waals surface area contributed by atoms with Gasteiger partial charge in [0.2, 0.25) is 0 Å². The second-order valence-electron chi connectivity index (χ2n) is 4.38. The van der Waals surface area contributed by atoms with Crippen molar-refractivity contribution in [1.82, 2.24) is 4.89 Å². The van der Waals surface area contributed by atoms with E-state index in [0.29, 0.717) is 5.69 Å². The number of nitrogens with one attached hydrogen (secondary N) is 2. The first-order chi connectivity index (χ1) is 10.9. The summed E-state index contributed by atoms with van der Waals surface area (Å²) < 4.78 is 37.3. The van der Waals surface area contributed by atoms with Gasteiger partial charge < -0.3 is 5.32 Å². The summed E-state index contributed by atoms with van der Waals surface area (Å²) in [4.78, 5) is 17.9. The Balaban J connectivity index is 1.85. The van der Waals surface area contributed by atoms with E-state index in [2.05, 4.69) is 26.1 Å². The van der Waals surface area contributed by atoms with Crippen LogP contribution in [-0.2, 0) is 19.7 Å². The Hall–Kier alpha value is -1.81. The smallest absolute Gasteiger partial charge is 0.262 e. The van der Waals surface area contributed by atoms with Gasteiger partial charge in [0.1, 0.15) is 12.4 Å². The summed E-state index contributed by atoms with van der Waals surface area (Å²) in [5, 5.41) is 2.53. The summed E-state index contributed by atoms with van der Waals surface area (Å²) in [5.74, 6) is -1.09. The number of carbonyl (C=O) groups is 1. The second-order valence-corrected chi connectivity index (χ2v) is 6.95. The zero-order valence-electron chi connectivity index (χ0n) is 11.6. The fourth-order valence-electron chi connectivity index (χ4n) is 1.56. The maximum absolute atomic E-state index is 12.8. The fraction of sp³-hybridized carbons (Fsp3) is 0.0714. The van der Waals surface area contributed by atoms with Crippen LogP contribution in [0, 0.1) is 5.82 Å². The van der Waals surface area contributed by atoms with Gasteiger partial charge in [-0.3, -0.25) is 9.63 Å². The highest BCUT2D eigenvalue weighted by Gasteiger charge is 2.15. The molecule has 0 aliphatic rings. The number of benzene rings is 2. The monoisotopic (exact) mass is 402 g/mol. The van der Waals surface area contributed by atoms with E-state index in [0.717, 1.165) is 28.7 Å². The summed E-state index contributed by atoms with van der Waals surface area (Å²) in [5.41, 5.74) is 0.545. The van der Waals surface area contributed by atoms with Crippen LogP contribution in [0.1, 0.15) is 0 Å². The number of rotatable bonds is 6. The zero-order chi connectivity index (χ0) is 16.9. The molecule has 6 nitrogen and oxygen atoms in total. The standard InChI is InChI=1S/C14H12BrFN2O4S/c15-10-1-5-12(6-2-10)17-14(19)9-22-18-23(20,21)13-7-3-11(16)4-8-13/h1-8,18H,9H2,(H,17,19). The van der Waals surface area contributed by atoms with Crippen LogP contribution in [0.4, 0.5) is 10.1 Å². The number of halogens is 2. The van der Waals surface area contributed by atoms with Crippen LogP contribution >= 0.6 is 15.9 Å². The summed E-state index contributed by atoms with van der Waals surface area (Å²) in [6.07, 6.45) is 0. The molecule has 2 N–H and O–H groups in total. The largest absolute Gasteiger partial charge is 0.324 e.